The molecule has 1 N–H and O–H groups in total. The van der Waals surface area contributed by atoms with Crippen molar-refractivity contribution >= 4 is 16.8 Å². The van der Waals surface area contributed by atoms with Crippen LogP contribution < -0.4 is 0 Å². The minimum atomic E-state index is -0.281. The fourth-order valence-electron chi connectivity index (χ4n) is 2.43. The summed E-state index contributed by atoms with van der Waals surface area (Å²) in [5, 5.41) is 4.61. The molecule has 0 bridgehead atoms. The van der Waals surface area contributed by atoms with E-state index in [1.54, 1.807) is 24.1 Å². The van der Waals surface area contributed by atoms with Crippen molar-refractivity contribution < 1.29 is 13.7 Å². The number of H-pyrrole nitrogens is 1. The number of carbonyl (C=O) groups excluding carboxylic acids is 1. The number of aromatic nitrogens is 2. The second-order valence-electron chi connectivity index (χ2n) is 5.96. The van der Waals surface area contributed by atoms with Crippen LogP contribution in [0.3, 0.4) is 0 Å². The van der Waals surface area contributed by atoms with Crippen LogP contribution in [0.5, 0.6) is 0 Å². The van der Waals surface area contributed by atoms with Gasteiger partial charge in [0.2, 0.25) is 0 Å². The van der Waals surface area contributed by atoms with Crippen molar-refractivity contribution in [3.8, 4) is 0 Å². The second kappa shape index (κ2) is 5.87. The average Bonchev–Trinajstić information content (AvgIpc) is 3.12. The lowest BCUT2D eigenvalue weighted by Crippen LogP contribution is -2.26. The number of hydrogen-bond acceptors (Lipinski definition) is 3. The molecule has 1 amide bonds. The normalized spacial score (nSPS) is 11.3. The van der Waals surface area contributed by atoms with Gasteiger partial charge in [0.05, 0.1) is 6.54 Å². The summed E-state index contributed by atoms with van der Waals surface area (Å²) in [6, 6.07) is 8.06. The number of hydrogen-bond donors (Lipinski definition) is 1. The Morgan fingerprint density at radius 1 is 1.35 bits per heavy atom. The molecule has 0 aliphatic rings. The number of nitrogens with zero attached hydrogens (tertiary/aromatic N) is 2. The van der Waals surface area contributed by atoms with Crippen LogP contribution in [0.2, 0.25) is 0 Å². The SMILES string of the molecule is CC(C)c1cc(C(=O)N(C)Cc2cc3cc(F)ccc3[nH]2)no1. The minimum absolute atomic E-state index is 0.179. The van der Waals surface area contributed by atoms with E-state index in [4.69, 9.17) is 4.52 Å². The Morgan fingerprint density at radius 2 is 2.13 bits per heavy atom. The molecule has 0 fully saturated rings. The van der Waals surface area contributed by atoms with Crippen molar-refractivity contribution in [2.75, 3.05) is 7.05 Å². The molecule has 2 aromatic heterocycles. The predicted molar refractivity (Wildman–Crippen MR) is 84.6 cm³/mol. The highest BCUT2D eigenvalue weighted by molar-refractivity contribution is 5.92. The van der Waals surface area contributed by atoms with E-state index in [1.807, 2.05) is 19.9 Å². The summed E-state index contributed by atoms with van der Waals surface area (Å²) in [6.07, 6.45) is 0. The maximum atomic E-state index is 13.2. The Labute approximate surface area is 133 Å². The van der Waals surface area contributed by atoms with Gasteiger partial charge in [0.1, 0.15) is 11.6 Å². The number of fused-ring (bicyclic) bond motifs is 1. The van der Waals surface area contributed by atoms with Crippen LogP contribution in [0.1, 0.15) is 41.7 Å². The van der Waals surface area contributed by atoms with Crippen molar-refractivity contribution in [2.45, 2.75) is 26.3 Å². The number of aromatic amines is 1. The third-order valence-corrected chi connectivity index (χ3v) is 3.71. The van der Waals surface area contributed by atoms with Crippen LogP contribution in [0, 0.1) is 5.82 Å². The number of amides is 1. The van der Waals surface area contributed by atoms with Crippen LogP contribution in [0.4, 0.5) is 4.39 Å². The first-order valence-electron chi connectivity index (χ1n) is 7.43. The fraction of sp³-hybridized carbons (Fsp3) is 0.294. The van der Waals surface area contributed by atoms with Crippen LogP contribution in [-0.2, 0) is 6.54 Å². The zero-order chi connectivity index (χ0) is 16.6. The first-order valence-corrected chi connectivity index (χ1v) is 7.43. The molecule has 5 nitrogen and oxygen atoms in total. The van der Waals surface area contributed by atoms with E-state index < -0.39 is 0 Å². The van der Waals surface area contributed by atoms with E-state index in [-0.39, 0.29) is 17.6 Å². The number of carbonyl (C=O) groups is 1. The molecule has 0 aliphatic heterocycles. The van der Waals surface area contributed by atoms with E-state index in [2.05, 4.69) is 10.1 Å². The summed E-state index contributed by atoms with van der Waals surface area (Å²) in [5.41, 5.74) is 1.96. The van der Waals surface area contributed by atoms with E-state index in [0.29, 0.717) is 18.0 Å². The first-order chi connectivity index (χ1) is 10.9. The molecule has 0 saturated carbocycles. The zero-order valence-corrected chi connectivity index (χ0v) is 13.3. The Morgan fingerprint density at radius 3 is 2.83 bits per heavy atom. The van der Waals surface area contributed by atoms with Crippen LogP contribution in [0.15, 0.2) is 34.9 Å². The summed E-state index contributed by atoms with van der Waals surface area (Å²) in [5.74, 6) is 0.363. The van der Waals surface area contributed by atoms with Crippen LogP contribution >= 0.6 is 0 Å². The van der Waals surface area contributed by atoms with Gasteiger partial charge in [-0.15, -0.1) is 0 Å². The summed E-state index contributed by atoms with van der Waals surface area (Å²) in [6.45, 7) is 4.32. The van der Waals surface area contributed by atoms with Crippen molar-refractivity contribution in [1.29, 1.82) is 0 Å². The number of nitrogens with one attached hydrogen (secondary N) is 1. The molecule has 120 valence electrons. The van der Waals surface area contributed by atoms with Crippen LogP contribution in [0.25, 0.3) is 10.9 Å². The fourth-order valence-corrected chi connectivity index (χ4v) is 2.43. The average molecular weight is 315 g/mol. The molecule has 6 heteroatoms. The van der Waals surface area contributed by atoms with Gasteiger partial charge in [0.15, 0.2) is 5.69 Å². The molecule has 0 radical (unpaired) electrons. The van der Waals surface area contributed by atoms with Gasteiger partial charge in [-0.3, -0.25) is 4.79 Å². The van der Waals surface area contributed by atoms with Gasteiger partial charge in [-0.25, -0.2) is 4.39 Å². The van der Waals surface area contributed by atoms with Gasteiger partial charge in [-0.2, -0.15) is 0 Å². The predicted octanol–water partition coefficient (Wildman–Crippen LogP) is 3.69. The molecule has 0 saturated heterocycles. The second-order valence-corrected chi connectivity index (χ2v) is 5.96. The van der Waals surface area contributed by atoms with Gasteiger partial charge in [0.25, 0.3) is 5.91 Å². The Kier molecular flexibility index (Phi) is 3.90. The summed E-state index contributed by atoms with van der Waals surface area (Å²) < 4.78 is 18.4. The lowest BCUT2D eigenvalue weighted by molar-refractivity contribution is 0.0773. The molecule has 0 unspecified atom stereocenters. The monoisotopic (exact) mass is 315 g/mol. The highest BCUT2D eigenvalue weighted by atomic mass is 19.1. The zero-order valence-electron chi connectivity index (χ0n) is 13.3. The van der Waals surface area contributed by atoms with Crippen LogP contribution in [-0.4, -0.2) is 28.0 Å². The van der Waals surface area contributed by atoms with Crippen molar-refractivity contribution in [3.05, 3.63) is 53.3 Å². The van der Waals surface area contributed by atoms with Gasteiger partial charge >= 0.3 is 0 Å². The Bertz CT molecular complexity index is 851. The van der Waals surface area contributed by atoms with E-state index in [0.717, 1.165) is 16.6 Å². The molecule has 0 atom stereocenters. The summed E-state index contributed by atoms with van der Waals surface area (Å²) >= 11 is 0. The maximum absolute atomic E-state index is 13.2. The number of benzene rings is 1. The van der Waals surface area contributed by atoms with E-state index >= 15 is 0 Å². The largest absolute Gasteiger partial charge is 0.360 e. The molecule has 0 spiro atoms. The van der Waals surface area contributed by atoms with Crippen molar-refractivity contribution in [1.82, 2.24) is 15.0 Å². The maximum Gasteiger partial charge on any atom is 0.276 e. The lowest BCUT2D eigenvalue weighted by Gasteiger charge is -2.14. The minimum Gasteiger partial charge on any atom is -0.360 e. The van der Waals surface area contributed by atoms with Gasteiger partial charge < -0.3 is 14.4 Å². The van der Waals surface area contributed by atoms with Gasteiger partial charge in [0, 0.05) is 35.6 Å². The van der Waals surface area contributed by atoms with E-state index in [1.165, 1.54) is 12.1 Å². The van der Waals surface area contributed by atoms with Crippen molar-refractivity contribution in [2.24, 2.45) is 0 Å². The van der Waals surface area contributed by atoms with E-state index in [9.17, 15) is 9.18 Å². The van der Waals surface area contributed by atoms with Gasteiger partial charge in [-0.1, -0.05) is 19.0 Å². The molecular formula is C17H18FN3O2. The highest BCUT2D eigenvalue weighted by Gasteiger charge is 2.18. The molecule has 1 aromatic carbocycles. The molecule has 3 rings (SSSR count). The molecule has 3 aromatic rings. The first kappa shape index (κ1) is 15.3. The highest BCUT2D eigenvalue weighted by Crippen LogP contribution is 2.19. The standard InChI is InChI=1S/C17H18FN3O2/c1-10(2)16-8-15(20-23-16)17(22)21(3)9-13-7-11-6-12(18)4-5-14(11)19-13/h4-8,10,19H,9H2,1-3H3. The summed E-state index contributed by atoms with van der Waals surface area (Å²) in [4.78, 5) is 17.1. The summed E-state index contributed by atoms with van der Waals surface area (Å²) in [7, 11) is 1.69. The Balaban J connectivity index is 1.76. The third-order valence-electron chi connectivity index (χ3n) is 3.71. The Hall–Kier alpha value is -2.63. The topological polar surface area (TPSA) is 62.1 Å². The molecule has 23 heavy (non-hydrogen) atoms. The van der Waals surface area contributed by atoms with Crippen molar-refractivity contribution in [3.63, 3.8) is 0 Å². The third kappa shape index (κ3) is 3.11. The molecular weight excluding hydrogens is 297 g/mol. The number of rotatable bonds is 4. The smallest absolute Gasteiger partial charge is 0.276 e. The lowest BCUT2D eigenvalue weighted by atomic mass is 10.1. The molecule has 0 aliphatic carbocycles. The quantitative estimate of drug-likeness (QED) is 0.798. The number of halogens is 1. The van der Waals surface area contributed by atoms with Gasteiger partial charge in [-0.05, 0) is 24.3 Å². The molecule has 2 heterocycles.